The fraction of sp³-hybridized carbons (Fsp3) is 0.0625. The number of hydrogen-bond donors (Lipinski definition) is 2. The monoisotopic (exact) mass is 250 g/mol. The quantitative estimate of drug-likeness (QED) is 0.699. The van der Waals surface area contributed by atoms with Crippen molar-refractivity contribution in [2.24, 2.45) is 5.73 Å². The first-order chi connectivity index (χ1) is 9.24. The van der Waals surface area contributed by atoms with Crippen molar-refractivity contribution >= 4 is 11.6 Å². The van der Waals surface area contributed by atoms with Crippen molar-refractivity contribution < 1.29 is 4.79 Å². The van der Waals surface area contributed by atoms with Crippen LogP contribution < -0.4 is 11.1 Å². The Labute approximate surface area is 111 Å². The van der Waals surface area contributed by atoms with Gasteiger partial charge < -0.3 is 11.1 Å². The fourth-order valence-corrected chi connectivity index (χ4v) is 2.57. The number of hydrogen-bond acceptors (Lipinski definition) is 2. The van der Waals surface area contributed by atoms with Crippen molar-refractivity contribution in [3.05, 3.63) is 54.6 Å². The van der Waals surface area contributed by atoms with E-state index in [9.17, 15) is 4.79 Å². The van der Waals surface area contributed by atoms with Crippen LogP contribution in [0.1, 0.15) is 10.4 Å². The number of fused-ring (bicyclic) bond motifs is 4. The highest BCUT2D eigenvalue weighted by molar-refractivity contribution is 6.15. The van der Waals surface area contributed by atoms with E-state index in [0.29, 0.717) is 12.1 Å². The third-order valence-electron chi connectivity index (χ3n) is 3.38. The number of anilines is 1. The second-order valence-corrected chi connectivity index (χ2v) is 4.49. The van der Waals surface area contributed by atoms with E-state index in [4.69, 9.17) is 5.73 Å². The van der Waals surface area contributed by atoms with E-state index in [0.717, 1.165) is 22.4 Å². The number of nitrogens with two attached hydrogens (primary N) is 1. The average molecular weight is 250 g/mol. The first-order valence-corrected chi connectivity index (χ1v) is 6.15. The Balaban J connectivity index is 2.16. The zero-order chi connectivity index (χ0) is 13.4. The molecule has 0 heterocycles. The lowest BCUT2D eigenvalue weighted by Crippen LogP contribution is -2.18. The molecule has 19 heavy (non-hydrogen) atoms. The van der Waals surface area contributed by atoms with E-state index in [-0.39, 0.29) is 0 Å². The smallest absolute Gasteiger partial charge is 0.251 e. The summed E-state index contributed by atoms with van der Waals surface area (Å²) in [6, 6.07) is 12.0. The van der Waals surface area contributed by atoms with Crippen LogP contribution in [0.2, 0.25) is 0 Å². The molecule has 2 aromatic rings. The molecule has 1 amide bonds. The number of primary amides is 1. The van der Waals surface area contributed by atoms with Gasteiger partial charge in [-0.1, -0.05) is 36.4 Å². The minimum Gasteiger partial charge on any atom is -0.381 e. The zero-order valence-electron chi connectivity index (χ0n) is 10.4. The molecule has 0 atom stereocenters. The van der Waals surface area contributed by atoms with Gasteiger partial charge in [0.15, 0.2) is 0 Å². The average Bonchev–Trinajstić information content (AvgIpc) is 2.41. The Morgan fingerprint density at radius 3 is 2.58 bits per heavy atom. The van der Waals surface area contributed by atoms with Crippen LogP contribution in [0.5, 0.6) is 0 Å². The Hall–Kier alpha value is -2.55. The molecule has 1 aliphatic rings. The predicted molar refractivity (Wildman–Crippen MR) is 78.1 cm³/mol. The molecule has 0 fully saturated rings. The summed E-state index contributed by atoms with van der Waals surface area (Å²) in [5.74, 6) is -0.405. The van der Waals surface area contributed by atoms with Crippen LogP contribution in [0.15, 0.2) is 49.1 Å². The van der Waals surface area contributed by atoms with Gasteiger partial charge in [0.25, 0.3) is 5.91 Å². The molecular formula is C16H14N2O. The largest absolute Gasteiger partial charge is 0.381 e. The number of benzene rings is 2. The Morgan fingerprint density at radius 2 is 1.89 bits per heavy atom. The Bertz CT molecular complexity index is 689. The maximum absolute atomic E-state index is 11.8. The summed E-state index contributed by atoms with van der Waals surface area (Å²) in [6.45, 7) is 4.26. The van der Waals surface area contributed by atoms with Crippen LogP contribution in [0.25, 0.3) is 22.3 Å². The molecule has 0 unspecified atom stereocenters. The van der Waals surface area contributed by atoms with Crippen LogP contribution >= 0.6 is 0 Å². The van der Waals surface area contributed by atoms with Crippen LogP contribution in [-0.2, 0) is 0 Å². The fourth-order valence-electron chi connectivity index (χ4n) is 2.57. The molecule has 0 bridgehead atoms. The molecule has 3 heteroatoms. The summed E-state index contributed by atoms with van der Waals surface area (Å²) < 4.78 is 0. The minimum absolute atomic E-state index is 0.405. The van der Waals surface area contributed by atoms with Gasteiger partial charge in [0.2, 0.25) is 0 Å². The molecule has 3 rings (SSSR count). The number of rotatable bonds is 4. The molecule has 0 spiro atoms. The summed E-state index contributed by atoms with van der Waals surface area (Å²) in [7, 11) is 0. The molecule has 1 aliphatic carbocycles. The van der Waals surface area contributed by atoms with Crippen LogP contribution in [0.3, 0.4) is 0 Å². The third kappa shape index (κ3) is 1.63. The summed E-state index contributed by atoms with van der Waals surface area (Å²) >= 11 is 0. The summed E-state index contributed by atoms with van der Waals surface area (Å²) in [4.78, 5) is 11.8. The van der Waals surface area contributed by atoms with Crippen LogP contribution in [0, 0.1) is 0 Å². The van der Waals surface area contributed by atoms with Gasteiger partial charge >= 0.3 is 0 Å². The second kappa shape index (κ2) is 4.28. The summed E-state index contributed by atoms with van der Waals surface area (Å²) in [5.41, 5.74) is 11.2. The Kier molecular flexibility index (Phi) is 2.60. The van der Waals surface area contributed by atoms with E-state index in [1.165, 1.54) is 5.56 Å². The highest BCUT2D eigenvalue weighted by Gasteiger charge is 2.28. The number of amides is 1. The molecule has 94 valence electrons. The lowest BCUT2D eigenvalue weighted by Gasteiger charge is -2.27. The predicted octanol–water partition coefficient (Wildman–Crippen LogP) is 3.03. The van der Waals surface area contributed by atoms with Gasteiger partial charge in [-0.3, -0.25) is 4.79 Å². The van der Waals surface area contributed by atoms with Crippen LogP contribution in [-0.4, -0.2) is 12.5 Å². The van der Waals surface area contributed by atoms with Gasteiger partial charge in [0, 0.05) is 17.8 Å². The van der Waals surface area contributed by atoms with Crippen molar-refractivity contribution in [1.82, 2.24) is 0 Å². The van der Waals surface area contributed by atoms with Gasteiger partial charge in [0.1, 0.15) is 0 Å². The van der Waals surface area contributed by atoms with Gasteiger partial charge in [-0.15, -0.1) is 6.58 Å². The Morgan fingerprint density at radius 1 is 1.16 bits per heavy atom. The van der Waals surface area contributed by atoms with Gasteiger partial charge in [-0.2, -0.15) is 0 Å². The molecular weight excluding hydrogens is 236 g/mol. The standard InChI is InChI=1S/C16H14N2O/c1-2-9-18-13-8-7-12-10-5-3-4-6-11(10)14(12)15(13)16(17)19/h2-8,18H,1,9H2,(H2,17,19). The lowest BCUT2D eigenvalue weighted by atomic mass is 9.77. The molecule has 0 saturated carbocycles. The van der Waals surface area contributed by atoms with E-state index >= 15 is 0 Å². The highest BCUT2D eigenvalue weighted by atomic mass is 16.1. The van der Waals surface area contributed by atoms with E-state index in [1.807, 2.05) is 30.3 Å². The van der Waals surface area contributed by atoms with Crippen molar-refractivity contribution in [1.29, 1.82) is 0 Å². The molecule has 0 saturated heterocycles. The minimum atomic E-state index is -0.405. The topological polar surface area (TPSA) is 55.1 Å². The number of nitrogens with one attached hydrogen (secondary N) is 1. The SMILES string of the molecule is C=CCNc1ccc2c(c1C(N)=O)-c1ccccc1-2. The molecule has 3 N–H and O–H groups in total. The molecule has 2 aromatic carbocycles. The zero-order valence-corrected chi connectivity index (χ0v) is 10.4. The normalized spacial score (nSPS) is 10.9. The lowest BCUT2D eigenvalue weighted by molar-refractivity contribution is 0.100. The van der Waals surface area contributed by atoms with Crippen molar-refractivity contribution in [2.45, 2.75) is 0 Å². The third-order valence-corrected chi connectivity index (χ3v) is 3.38. The van der Waals surface area contributed by atoms with E-state index in [2.05, 4.69) is 18.0 Å². The summed E-state index contributed by atoms with van der Waals surface area (Å²) in [6.07, 6.45) is 1.75. The molecule has 0 radical (unpaired) electrons. The first-order valence-electron chi connectivity index (χ1n) is 6.15. The van der Waals surface area contributed by atoms with E-state index in [1.54, 1.807) is 6.08 Å². The van der Waals surface area contributed by atoms with Crippen molar-refractivity contribution in [3.8, 4) is 22.3 Å². The maximum atomic E-state index is 11.8. The second-order valence-electron chi connectivity index (χ2n) is 4.49. The number of carbonyl (C=O) groups excluding carboxylic acids is 1. The first kappa shape index (κ1) is 11.5. The molecule has 0 aliphatic heterocycles. The van der Waals surface area contributed by atoms with Gasteiger partial charge in [-0.05, 0) is 22.8 Å². The van der Waals surface area contributed by atoms with Crippen molar-refractivity contribution in [3.63, 3.8) is 0 Å². The summed E-state index contributed by atoms with van der Waals surface area (Å²) in [5, 5.41) is 3.16. The highest BCUT2D eigenvalue weighted by Crippen LogP contribution is 2.50. The van der Waals surface area contributed by atoms with E-state index < -0.39 is 5.91 Å². The van der Waals surface area contributed by atoms with Crippen molar-refractivity contribution in [2.75, 3.05) is 11.9 Å². The molecule has 3 nitrogen and oxygen atoms in total. The van der Waals surface area contributed by atoms with Crippen LogP contribution in [0.4, 0.5) is 5.69 Å². The molecule has 0 aromatic heterocycles. The van der Waals surface area contributed by atoms with Gasteiger partial charge in [-0.25, -0.2) is 0 Å². The number of carbonyl (C=O) groups is 1. The maximum Gasteiger partial charge on any atom is 0.251 e. The van der Waals surface area contributed by atoms with Gasteiger partial charge in [0.05, 0.1) is 5.56 Å².